The highest BCUT2D eigenvalue weighted by Gasteiger charge is 2.45. The van der Waals surface area contributed by atoms with Gasteiger partial charge in [0.15, 0.2) is 11.5 Å². The molecule has 1 saturated carbocycles. The third kappa shape index (κ3) is 4.13. The van der Waals surface area contributed by atoms with E-state index in [1.807, 2.05) is 18.2 Å². The number of ether oxygens (including phenoxy) is 3. The molecule has 1 amide bonds. The van der Waals surface area contributed by atoms with Crippen LogP contribution in [0.5, 0.6) is 11.5 Å². The summed E-state index contributed by atoms with van der Waals surface area (Å²) in [6.45, 7) is 1.72. The van der Waals surface area contributed by atoms with Gasteiger partial charge in [-0.1, -0.05) is 37.1 Å². The van der Waals surface area contributed by atoms with Crippen molar-refractivity contribution < 1.29 is 32.2 Å². The number of rotatable bonds is 5. The van der Waals surface area contributed by atoms with Gasteiger partial charge in [-0.3, -0.25) is 4.79 Å². The highest BCUT2D eigenvalue weighted by atomic mass is 19.4. The molecule has 1 saturated heterocycles. The lowest BCUT2D eigenvalue weighted by molar-refractivity contribution is -0.138. The van der Waals surface area contributed by atoms with Crippen LogP contribution in [0.4, 0.5) is 13.2 Å². The third-order valence-electron chi connectivity index (χ3n) is 7.66. The summed E-state index contributed by atoms with van der Waals surface area (Å²) in [6, 6.07) is 11.1. The van der Waals surface area contributed by atoms with Gasteiger partial charge in [-0.2, -0.15) is 13.2 Å². The third-order valence-corrected chi connectivity index (χ3v) is 7.66. The van der Waals surface area contributed by atoms with Gasteiger partial charge in [0.05, 0.1) is 11.0 Å². The Labute approximate surface area is 196 Å². The minimum Gasteiger partial charge on any atom is -0.454 e. The van der Waals surface area contributed by atoms with Gasteiger partial charge in [-0.15, -0.1) is 0 Å². The normalized spacial score (nSPS) is 20.8. The molecule has 34 heavy (non-hydrogen) atoms. The first kappa shape index (κ1) is 23.0. The first-order valence-corrected chi connectivity index (χ1v) is 11.8. The number of nitrogens with one attached hydrogen (secondary N) is 1. The Kier molecular flexibility index (Phi) is 5.96. The summed E-state index contributed by atoms with van der Waals surface area (Å²) in [6.07, 6.45) is -0.291. The van der Waals surface area contributed by atoms with Gasteiger partial charge in [0.25, 0.3) is 0 Å². The van der Waals surface area contributed by atoms with E-state index in [1.54, 1.807) is 6.07 Å². The fraction of sp³-hybridized carbons (Fsp3) is 0.500. The molecule has 2 aromatic carbocycles. The van der Waals surface area contributed by atoms with E-state index < -0.39 is 17.2 Å². The van der Waals surface area contributed by atoms with Crippen LogP contribution < -0.4 is 14.8 Å². The predicted octanol–water partition coefficient (Wildman–Crippen LogP) is 5.11. The fourth-order valence-corrected chi connectivity index (χ4v) is 5.59. The number of benzene rings is 2. The molecule has 3 aliphatic rings. The van der Waals surface area contributed by atoms with Crippen molar-refractivity contribution in [1.82, 2.24) is 5.32 Å². The van der Waals surface area contributed by atoms with Crippen LogP contribution in [0.1, 0.15) is 55.2 Å². The number of halogens is 3. The topological polar surface area (TPSA) is 56.8 Å². The van der Waals surface area contributed by atoms with E-state index in [2.05, 4.69) is 5.32 Å². The highest BCUT2D eigenvalue weighted by Crippen LogP contribution is 2.44. The summed E-state index contributed by atoms with van der Waals surface area (Å²) < 4.78 is 56.7. The lowest BCUT2D eigenvalue weighted by Gasteiger charge is -2.39. The number of carbonyl (C=O) groups is 1. The van der Waals surface area contributed by atoms with Crippen LogP contribution in [0.3, 0.4) is 0 Å². The molecule has 1 aliphatic carbocycles. The molecule has 2 aromatic rings. The summed E-state index contributed by atoms with van der Waals surface area (Å²) in [5, 5.41) is 3.15. The Morgan fingerprint density at radius 3 is 2.38 bits per heavy atom. The molecule has 0 bridgehead atoms. The van der Waals surface area contributed by atoms with Crippen molar-refractivity contribution in [1.29, 1.82) is 0 Å². The number of carbonyl (C=O) groups excluding carboxylic acids is 1. The Bertz CT molecular complexity index is 1060. The standard InChI is InChI=1S/C26H28F3NO4/c27-26(28,29)20-5-3-4-19(14-20)25(8-1-2-9-25)23(31)30-16-24(10-12-32-13-11-24)18-6-7-21-22(15-18)34-17-33-21/h3-7,14-15H,1-2,8-13,16-17H2,(H,30,31). The van der Waals surface area contributed by atoms with Gasteiger partial charge in [-0.05, 0) is 55.0 Å². The van der Waals surface area contributed by atoms with Crippen LogP contribution in [0, 0.1) is 0 Å². The summed E-state index contributed by atoms with van der Waals surface area (Å²) in [7, 11) is 0. The molecule has 0 atom stereocenters. The molecule has 2 heterocycles. The van der Waals surface area contributed by atoms with Crippen molar-refractivity contribution in [2.24, 2.45) is 0 Å². The Morgan fingerprint density at radius 1 is 0.912 bits per heavy atom. The van der Waals surface area contributed by atoms with Crippen molar-refractivity contribution in [3.8, 4) is 11.5 Å². The second-order valence-corrected chi connectivity index (χ2v) is 9.51. The molecule has 182 valence electrons. The van der Waals surface area contributed by atoms with Crippen molar-refractivity contribution in [2.75, 3.05) is 26.6 Å². The average Bonchev–Trinajstić information content (AvgIpc) is 3.53. The Morgan fingerprint density at radius 2 is 1.65 bits per heavy atom. The summed E-state index contributed by atoms with van der Waals surface area (Å²) in [4.78, 5) is 13.7. The van der Waals surface area contributed by atoms with Gasteiger partial charge in [0.1, 0.15) is 0 Å². The second kappa shape index (κ2) is 8.80. The Balaban J connectivity index is 1.41. The Hall–Kier alpha value is -2.74. The van der Waals surface area contributed by atoms with Crippen molar-refractivity contribution in [3.63, 3.8) is 0 Å². The molecule has 0 unspecified atom stereocenters. The number of fused-ring (bicyclic) bond motifs is 1. The van der Waals surface area contributed by atoms with Gasteiger partial charge < -0.3 is 19.5 Å². The number of amides is 1. The summed E-state index contributed by atoms with van der Waals surface area (Å²) in [5.41, 5.74) is -0.517. The smallest absolute Gasteiger partial charge is 0.416 e. The SMILES string of the molecule is O=C(NCC1(c2ccc3c(c2)OCO3)CCOCC1)C1(c2cccc(C(F)(F)F)c2)CCCC1. The zero-order valence-electron chi connectivity index (χ0n) is 18.9. The molecule has 5 rings (SSSR count). The second-order valence-electron chi connectivity index (χ2n) is 9.51. The van der Waals surface area contributed by atoms with Crippen LogP contribution in [-0.4, -0.2) is 32.5 Å². The van der Waals surface area contributed by atoms with E-state index in [0.717, 1.165) is 43.4 Å². The van der Waals surface area contributed by atoms with Crippen LogP contribution in [0.2, 0.25) is 0 Å². The quantitative estimate of drug-likeness (QED) is 0.653. The van der Waals surface area contributed by atoms with E-state index in [0.29, 0.717) is 49.7 Å². The van der Waals surface area contributed by atoms with Crippen LogP contribution in [0.25, 0.3) is 0 Å². The lowest BCUT2D eigenvalue weighted by Crippen LogP contribution is -2.50. The molecule has 8 heteroatoms. The zero-order chi connectivity index (χ0) is 23.8. The van der Waals surface area contributed by atoms with E-state index in [9.17, 15) is 18.0 Å². The van der Waals surface area contributed by atoms with Gasteiger partial charge in [-0.25, -0.2) is 0 Å². The first-order valence-electron chi connectivity index (χ1n) is 11.8. The van der Waals surface area contributed by atoms with Crippen molar-refractivity contribution in [2.45, 2.75) is 55.5 Å². The fourth-order valence-electron chi connectivity index (χ4n) is 5.59. The highest BCUT2D eigenvalue weighted by molar-refractivity contribution is 5.88. The van der Waals surface area contributed by atoms with Gasteiger partial charge in [0, 0.05) is 25.2 Å². The van der Waals surface area contributed by atoms with Crippen LogP contribution in [-0.2, 0) is 26.5 Å². The number of alkyl halides is 3. The molecule has 1 N–H and O–H groups in total. The van der Waals surface area contributed by atoms with Crippen molar-refractivity contribution in [3.05, 3.63) is 59.2 Å². The van der Waals surface area contributed by atoms with Crippen LogP contribution in [0.15, 0.2) is 42.5 Å². The minimum atomic E-state index is -4.45. The number of hydrogen-bond donors (Lipinski definition) is 1. The predicted molar refractivity (Wildman–Crippen MR) is 119 cm³/mol. The minimum absolute atomic E-state index is 0.186. The zero-order valence-corrected chi connectivity index (χ0v) is 18.9. The maximum atomic E-state index is 13.7. The van der Waals surface area contributed by atoms with Crippen molar-refractivity contribution >= 4 is 5.91 Å². The van der Waals surface area contributed by atoms with Gasteiger partial charge >= 0.3 is 6.18 Å². The largest absolute Gasteiger partial charge is 0.454 e. The maximum Gasteiger partial charge on any atom is 0.416 e. The molecule has 0 spiro atoms. The molecule has 5 nitrogen and oxygen atoms in total. The first-order chi connectivity index (χ1) is 16.3. The van der Waals surface area contributed by atoms with E-state index in [4.69, 9.17) is 14.2 Å². The molecule has 0 aromatic heterocycles. The summed E-state index contributed by atoms with van der Waals surface area (Å²) >= 11 is 0. The molecular formula is C26H28F3NO4. The monoisotopic (exact) mass is 475 g/mol. The number of hydrogen-bond acceptors (Lipinski definition) is 4. The van der Waals surface area contributed by atoms with E-state index in [-0.39, 0.29) is 18.1 Å². The molecular weight excluding hydrogens is 447 g/mol. The molecule has 2 fully saturated rings. The average molecular weight is 476 g/mol. The van der Waals surface area contributed by atoms with E-state index in [1.165, 1.54) is 6.07 Å². The lowest BCUT2D eigenvalue weighted by atomic mass is 9.73. The molecule has 2 aliphatic heterocycles. The molecule has 0 radical (unpaired) electrons. The van der Waals surface area contributed by atoms with Gasteiger partial charge in [0.2, 0.25) is 12.7 Å². The summed E-state index contributed by atoms with van der Waals surface area (Å²) in [5.74, 6) is 1.19. The maximum absolute atomic E-state index is 13.7. The van der Waals surface area contributed by atoms with E-state index >= 15 is 0 Å². The van der Waals surface area contributed by atoms with Crippen LogP contribution >= 0.6 is 0 Å².